The van der Waals surface area contributed by atoms with Crippen LogP contribution in [0.1, 0.15) is 28.0 Å². The molecule has 10 nitrogen and oxygen atoms in total. The highest BCUT2D eigenvalue weighted by atomic mass is 35.5. The lowest BCUT2D eigenvalue weighted by Crippen LogP contribution is -2.42. The molecule has 0 radical (unpaired) electrons. The second kappa shape index (κ2) is 11.1. The van der Waals surface area contributed by atoms with E-state index in [4.69, 9.17) is 16.3 Å². The van der Waals surface area contributed by atoms with Gasteiger partial charge in [0, 0.05) is 30.1 Å². The smallest absolute Gasteiger partial charge is 0.257 e. The minimum atomic E-state index is -0.497. The minimum absolute atomic E-state index is 0.198. The first-order valence-electron chi connectivity index (χ1n) is 10.9. The normalized spacial score (nSPS) is 15.0. The average Bonchev–Trinajstić information content (AvgIpc) is 3.18. The molecule has 3 N–H and O–H groups in total. The van der Waals surface area contributed by atoms with E-state index in [1.165, 1.54) is 4.68 Å². The van der Waals surface area contributed by atoms with E-state index in [2.05, 4.69) is 20.7 Å². The van der Waals surface area contributed by atoms with Crippen LogP contribution in [-0.2, 0) is 11.2 Å². The summed E-state index contributed by atoms with van der Waals surface area (Å²) in [6.45, 7) is 2.01. The third-order valence-electron chi connectivity index (χ3n) is 5.35. The number of hydrogen-bond acceptors (Lipinski definition) is 8. The van der Waals surface area contributed by atoms with E-state index in [-0.39, 0.29) is 29.9 Å². The number of aromatic nitrogens is 3. The number of pyridine rings is 1. The van der Waals surface area contributed by atoms with Crippen LogP contribution in [0.25, 0.3) is 5.82 Å². The van der Waals surface area contributed by atoms with E-state index in [1.807, 2.05) is 25.1 Å². The summed E-state index contributed by atoms with van der Waals surface area (Å²) >= 11 is 6.99. The molecule has 1 atom stereocenters. The summed E-state index contributed by atoms with van der Waals surface area (Å²) in [6.07, 6.45) is 4.33. The van der Waals surface area contributed by atoms with Crippen LogP contribution in [0.3, 0.4) is 0 Å². The fourth-order valence-corrected chi connectivity index (χ4v) is 4.09. The summed E-state index contributed by atoms with van der Waals surface area (Å²) in [5.41, 5.74) is 1.79. The lowest BCUT2D eigenvalue weighted by Gasteiger charge is -2.23. The van der Waals surface area contributed by atoms with E-state index >= 15 is 0 Å². The van der Waals surface area contributed by atoms with Crippen molar-refractivity contribution in [1.29, 1.82) is 0 Å². The van der Waals surface area contributed by atoms with Crippen LogP contribution in [0.15, 0.2) is 42.6 Å². The maximum Gasteiger partial charge on any atom is 0.257 e. The number of anilines is 1. The summed E-state index contributed by atoms with van der Waals surface area (Å²) in [6, 6.07) is 10.6. The summed E-state index contributed by atoms with van der Waals surface area (Å²) in [7, 11) is 0. The molecule has 0 saturated carbocycles. The molecule has 3 aromatic rings. The summed E-state index contributed by atoms with van der Waals surface area (Å²) < 4.78 is 8.01. The molecule has 1 aromatic carbocycles. The molecular formula is C23H25ClN6O4S. The Morgan fingerprint density at radius 3 is 2.94 bits per heavy atom. The largest absolute Gasteiger partial charge is 0.493 e. The first kappa shape index (κ1) is 25.0. The Balaban J connectivity index is 1.55. The van der Waals surface area contributed by atoms with Gasteiger partial charge in [-0.05, 0) is 43.0 Å². The first-order valence-corrected chi connectivity index (χ1v) is 12.4. The second-order valence-corrected chi connectivity index (χ2v) is 9.21. The number of nitrogens with zero attached hydrogens (tertiary/aromatic N) is 4. The van der Waals surface area contributed by atoms with Crippen LogP contribution < -0.4 is 15.4 Å². The number of carbonyl (C=O) groups excluding carboxylic acids is 2. The van der Waals surface area contributed by atoms with Crippen LogP contribution in [0.2, 0.25) is 5.02 Å². The van der Waals surface area contributed by atoms with E-state index < -0.39 is 5.91 Å². The molecule has 35 heavy (non-hydrogen) atoms. The van der Waals surface area contributed by atoms with Gasteiger partial charge in [0.15, 0.2) is 11.6 Å². The second-order valence-electron chi connectivity index (χ2n) is 7.99. The molecule has 3 heterocycles. The molecule has 12 heteroatoms. The lowest BCUT2D eigenvalue weighted by molar-refractivity contribution is -0.120. The highest BCUT2D eigenvalue weighted by Gasteiger charge is 2.33. The zero-order chi connectivity index (χ0) is 24.9. The van der Waals surface area contributed by atoms with Crippen molar-refractivity contribution < 1.29 is 19.5 Å². The standard InChI is InChI=1S/C23H25ClN6O4S/c1-14-6-7-19(25-12-14)30-22(27-20(31)13-29(33)35-2)21-18(28-30)11-16(26-23(21)32)8-9-34-17-5-3-4-15(24)10-17/h3-7,10,12,16,33H,8-9,11,13H2,1-2H3,(H,26,32)(H,27,31). The fourth-order valence-electron chi connectivity index (χ4n) is 3.66. The molecule has 4 rings (SSSR count). The van der Waals surface area contributed by atoms with E-state index in [0.29, 0.717) is 41.7 Å². The summed E-state index contributed by atoms with van der Waals surface area (Å²) in [4.78, 5) is 30.0. The Hall–Kier alpha value is -3.12. The molecule has 1 unspecified atom stereocenters. The van der Waals surface area contributed by atoms with Gasteiger partial charge in [0.05, 0.1) is 12.3 Å². The molecule has 0 bridgehead atoms. The molecule has 2 amide bonds. The third-order valence-corrected chi connectivity index (χ3v) is 6.14. The van der Waals surface area contributed by atoms with Crippen LogP contribution in [0.5, 0.6) is 5.75 Å². The van der Waals surface area contributed by atoms with Crippen molar-refractivity contribution in [3.05, 3.63) is 64.4 Å². The zero-order valence-electron chi connectivity index (χ0n) is 19.2. The number of fused-ring (bicyclic) bond motifs is 1. The van der Waals surface area contributed by atoms with E-state index in [1.54, 1.807) is 30.7 Å². The summed E-state index contributed by atoms with van der Waals surface area (Å²) in [5, 5.41) is 20.6. The van der Waals surface area contributed by atoms with Gasteiger partial charge in [-0.25, -0.2) is 4.98 Å². The Kier molecular flexibility index (Phi) is 7.91. The lowest BCUT2D eigenvalue weighted by atomic mass is 9.99. The van der Waals surface area contributed by atoms with Crippen molar-refractivity contribution >= 4 is 41.2 Å². The van der Waals surface area contributed by atoms with Gasteiger partial charge >= 0.3 is 0 Å². The molecule has 0 fully saturated rings. The van der Waals surface area contributed by atoms with Crippen molar-refractivity contribution in [2.24, 2.45) is 0 Å². The fraction of sp³-hybridized carbons (Fsp3) is 0.304. The van der Waals surface area contributed by atoms with Gasteiger partial charge in [0.1, 0.15) is 17.9 Å². The molecule has 0 spiro atoms. The highest BCUT2D eigenvalue weighted by Crippen LogP contribution is 2.28. The number of benzene rings is 1. The Bertz CT molecular complexity index is 1220. The van der Waals surface area contributed by atoms with Crippen molar-refractivity contribution in [3.63, 3.8) is 0 Å². The minimum Gasteiger partial charge on any atom is -0.493 e. The average molecular weight is 517 g/mol. The monoisotopic (exact) mass is 516 g/mol. The van der Waals surface area contributed by atoms with Gasteiger partial charge in [-0.2, -0.15) is 9.78 Å². The van der Waals surface area contributed by atoms with E-state index in [9.17, 15) is 14.8 Å². The zero-order valence-corrected chi connectivity index (χ0v) is 20.8. The van der Waals surface area contributed by atoms with Gasteiger partial charge < -0.3 is 20.6 Å². The number of hydrogen-bond donors (Lipinski definition) is 3. The molecule has 1 aliphatic rings. The van der Waals surface area contributed by atoms with Crippen LogP contribution in [0.4, 0.5) is 5.82 Å². The number of nitrogens with one attached hydrogen (secondary N) is 2. The number of halogens is 1. The van der Waals surface area contributed by atoms with E-state index in [0.717, 1.165) is 22.0 Å². The number of amides is 2. The van der Waals surface area contributed by atoms with Crippen molar-refractivity contribution in [1.82, 2.24) is 24.5 Å². The number of rotatable bonds is 9. The van der Waals surface area contributed by atoms with Crippen LogP contribution in [-0.4, -0.2) is 61.7 Å². The molecule has 2 aromatic heterocycles. The third kappa shape index (κ3) is 6.12. The molecular weight excluding hydrogens is 492 g/mol. The maximum atomic E-state index is 13.1. The highest BCUT2D eigenvalue weighted by molar-refractivity contribution is 7.96. The topological polar surface area (TPSA) is 122 Å². The van der Waals surface area contributed by atoms with Gasteiger partial charge in [0.2, 0.25) is 5.91 Å². The first-order chi connectivity index (χ1) is 16.8. The Labute approximate surface area is 211 Å². The Morgan fingerprint density at radius 2 is 2.23 bits per heavy atom. The van der Waals surface area contributed by atoms with Crippen LogP contribution >= 0.6 is 23.5 Å². The van der Waals surface area contributed by atoms with Crippen LogP contribution in [0, 0.1) is 6.92 Å². The van der Waals surface area contributed by atoms with Crippen molar-refractivity contribution in [2.75, 3.05) is 24.7 Å². The maximum absolute atomic E-state index is 13.1. The molecule has 184 valence electrons. The quantitative estimate of drug-likeness (QED) is 0.293. The molecule has 0 aliphatic carbocycles. The van der Waals surface area contributed by atoms with Gasteiger partial charge in [-0.1, -0.05) is 35.7 Å². The SMILES string of the molecule is CSN(O)CC(=O)Nc1c2c(nn1-c1ccc(C)cn1)CC(CCOc1cccc(Cl)c1)NC2=O. The number of carbonyl (C=O) groups is 2. The molecule has 0 saturated heterocycles. The van der Waals surface area contributed by atoms with Gasteiger partial charge in [-0.15, -0.1) is 4.47 Å². The predicted molar refractivity (Wildman–Crippen MR) is 133 cm³/mol. The number of hydroxylamine groups is 1. The summed E-state index contributed by atoms with van der Waals surface area (Å²) in [5.74, 6) is 0.478. The number of ether oxygens (including phenoxy) is 1. The van der Waals surface area contributed by atoms with Crippen molar-refractivity contribution in [2.45, 2.75) is 25.8 Å². The van der Waals surface area contributed by atoms with Gasteiger partial charge in [0.25, 0.3) is 5.91 Å². The number of aryl methyl sites for hydroxylation is 1. The molecule has 1 aliphatic heterocycles. The predicted octanol–water partition coefficient (Wildman–Crippen LogP) is 3.26. The van der Waals surface area contributed by atoms with Gasteiger partial charge in [-0.3, -0.25) is 9.59 Å². The van der Waals surface area contributed by atoms with Crippen molar-refractivity contribution in [3.8, 4) is 11.6 Å². The Morgan fingerprint density at radius 1 is 1.40 bits per heavy atom.